The van der Waals surface area contributed by atoms with Crippen LogP contribution in [0.1, 0.15) is 40.0 Å². The molecule has 0 atom stereocenters. The topological polar surface area (TPSA) is 51.2 Å². The van der Waals surface area contributed by atoms with Crippen LogP contribution in [0, 0.1) is 0 Å². The Kier molecular flexibility index (Phi) is 8.84. The van der Waals surface area contributed by atoms with Gasteiger partial charge < -0.3 is 0 Å². The molecule has 0 unspecified atom stereocenters. The molecule has 0 aliphatic rings. The van der Waals surface area contributed by atoms with Crippen LogP contribution in [0.25, 0.3) is 0 Å². The number of hydrogen-bond acceptors (Lipinski definition) is 3. The minimum Gasteiger partial charge on any atom is -0.290 e. The molecule has 0 aliphatic heterocycles. The zero-order valence-corrected chi connectivity index (χ0v) is 12.4. The molecular weight excluding hydrogens is 252 g/mol. The smallest absolute Gasteiger partial charge is 0.189 e. The molecule has 0 aromatic heterocycles. The Balaban J connectivity index is 5.95. The highest BCUT2D eigenvalue weighted by Gasteiger charge is 2.22. The van der Waals surface area contributed by atoms with Crippen molar-refractivity contribution in [2.75, 3.05) is 0 Å². The SMILES string of the molecule is C=CC(=O)C(CCC)=C(C(=O)C=CC)C(=O)C=CCC. The lowest BCUT2D eigenvalue weighted by Gasteiger charge is -2.08. The summed E-state index contributed by atoms with van der Waals surface area (Å²) in [4.78, 5) is 36.2. The van der Waals surface area contributed by atoms with Gasteiger partial charge in [0.05, 0.1) is 5.57 Å². The molecule has 0 radical (unpaired) electrons. The summed E-state index contributed by atoms with van der Waals surface area (Å²) < 4.78 is 0. The maximum atomic E-state index is 12.2. The van der Waals surface area contributed by atoms with Gasteiger partial charge in [0.2, 0.25) is 0 Å². The van der Waals surface area contributed by atoms with E-state index in [0.717, 1.165) is 6.08 Å². The van der Waals surface area contributed by atoms with E-state index in [2.05, 4.69) is 6.58 Å². The Labute approximate surface area is 120 Å². The second-order valence-corrected chi connectivity index (χ2v) is 4.21. The van der Waals surface area contributed by atoms with Crippen LogP contribution in [0.2, 0.25) is 0 Å². The first-order valence-corrected chi connectivity index (χ1v) is 6.81. The van der Waals surface area contributed by atoms with E-state index in [0.29, 0.717) is 19.3 Å². The molecular formula is C17H22O3. The van der Waals surface area contributed by atoms with Crippen LogP contribution in [-0.4, -0.2) is 17.3 Å². The monoisotopic (exact) mass is 274 g/mol. The van der Waals surface area contributed by atoms with Crippen molar-refractivity contribution in [2.24, 2.45) is 0 Å². The number of ketones is 3. The molecule has 0 spiro atoms. The summed E-state index contributed by atoms with van der Waals surface area (Å²) in [6.45, 7) is 8.90. The summed E-state index contributed by atoms with van der Waals surface area (Å²) in [7, 11) is 0. The van der Waals surface area contributed by atoms with Gasteiger partial charge in [-0.2, -0.15) is 0 Å². The third kappa shape index (κ3) is 5.31. The van der Waals surface area contributed by atoms with E-state index in [1.54, 1.807) is 19.1 Å². The highest BCUT2D eigenvalue weighted by Crippen LogP contribution is 2.17. The normalized spacial score (nSPS) is 12.6. The number of allylic oxidation sites excluding steroid dienone is 7. The fourth-order valence-corrected chi connectivity index (χ4v) is 1.71. The van der Waals surface area contributed by atoms with Gasteiger partial charge in [-0.05, 0) is 38.0 Å². The van der Waals surface area contributed by atoms with Crippen LogP contribution in [0.5, 0.6) is 0 Å². The maximum absolute atomic E-state index is 12.2. The number of hydrogen-bond donors (Lipinski definition) is 0. The molecule has 3 nitrogen and oxygen atoms in total. The molecule has 0 saturated heterocycles. The van der Waals surface area contributed by atoms with Crippen molar-refractivity contribution in [3.63, 3.8) is 0 Å². The predicted molar refractivity (Wildman–Crippen MR) is 81.4 cm³/mol. The Morgan fingerprint density at radius 1 is 1.00 bits per heavy atom. The average molecular weight is 274 g/mol. The van der Waals surface area contributed by atoms with Gasteiger partial charge >= 0.3 is 0 Å². The maximum Gasteiger partial charge on any atom is 0.189 e. The van der Waals surface area contributed by atoms with E-state index < -0.39 is 11.6 Å². The number of rotatable bonds is 9. The van der Waals surface area contributed by atoms with Gasteiger partial charge in [-0.3, -0.25) is 14.4 Å². The lowest BCUT2D eigenvalue weighted by atomic mass is 9.93. The number of carbonyl (C=O) groups is 3. The summed E-state index contributed by atoms with van der Waals surface area (Å²) in [5, 5.41) is 0. The zero-order chi connectivity index (χ0) is 15.5. The fourth-order valence-electron chi connectivity index (χ4n) is 1.71. The Morgan fingerprint density at radius 3 is 2.05 bits per heavy atom. The van der Waals surface area contributed by atoms with Crippen LogP contribution in [0.4, 0.5) is 0 Å². The van der Waals surface area contributed by atoms with Crippen LogP contribution in [0.3, 0.4) is 0 Å². The summed E-state index contributed by atoms with van der Waals surface area (Å²) >= 11 is 0. The molecule has 0 N–H and O–H groups in total. The fraction of sp³-hybridized carbons (Fsp3) is 0.353. The summed E-state index contributed by atoms with van der Waals surface area (Å²) in [5.41, 5.74) is 0.205. The van der Waals surface area contributed by atoms with Crippen LogP contribution >= 0.6 is 0 Å². The van der Waals surface area contributed by atoms with Gasteiger partial charge in [-0.1, -0.05) is 39.0 Å². The molecule has 0 aromatic rings. The van der Waals surface area contributed by atoms with E-state index in [-0.39, 0.29) is 16.9 Å². The third-order valence-corrected chi connectivity index (χ3v) is 2.60. The highest BCUT2D eigenvalue weighted by atomic mass is 16.2. The second kappa shape index (κ2) is 9.84. The first-order chi connectivity index (χ1) is 9.53. The third-order valence-electron chi connectivity index (χ3n) is 2.60. The largest absolute Gasteiger partial charge is 0.290 e. The van der Waals surface area contributed by atoms with Crippen molar-refractivity contribution < 1.29 is 14.4 Å². The first-order valence-electron chi connectivity index (χ1n) is 6.81. The van der Waals surface area contributed by atoms with Gasteiger partial charge in [0.25, 0.3) is 0 Å². The molecule has 3 heteroatoms. The molecule has 0 heterocycles. The minimum absolute atomic E-state index is 0.0421. The highest BCUT2D eigenvalue weighted by molar-refractivity contribution is 6.31. The second-order valence-electron chi connectivity index (χ2n) is 4.21. The molecule has 0 fully saturated rings. The zero-order valence-electron chi connectivity index (χ0n) is 12.4. The predicted octanol–water partition coefficient (Wildman–Crippen LogP) is 3.52. The van der Waals surface area contributed by atoms with E-state index >= 15 is 0 Å². The standard InChI is InChI=1S/C17H22O3/c1-5-9-12-16(20)17(15(19)11-7-3)13(10-6-2)14(18)8-4/h7-9,11-12H,4-6,10H2,1-3H3. The van der Waals surface area contributed by atoms with Crippen molar-refractivity contribution >= 4 is 17.3 Å². The van der Waals surface area contributed by atoms with E-state index in [1.807, 2.05) is 13.8 Å². The molecule has 0 rings (SSSR count). The Bertz CT molecular complexity index is 476. The van der Waals surface area contributed by atoms with Crippen molar-refractivity contribution in [3.05, 3.63) is 48.1 Å². The molecule has 0 aliphatic carbocycles. The summed E-state index contributed by atoms with van der Waals surface area (Å²) in [6, 6.07) is 0. The van der Waals surface area contributed by atoms with Gasteiger partial charge in [0.15, 0.2) is 17.3 Å². The summed E-state index contributed by atoms with van der Waals surface area (Å²) in [5.74, 6) is -1.22. The average Bonchev–Trinajstić information content (AvgIpc) is 2.43. The van der Waals surface area contributed by atoms with Gasteiger partial charge in [-0.15, -0.1) is 0 Å². The number of carbonyl (C=O) groups excluding carboxylic acids is 3. The molecule has 0 bridgehead atoms. The van der Waals surface area contributed by atoms with Crippen molar-refractivity contribution in [1.29, 1.82) is 0 Å². The Morgan fingerprint density at radius 2 is 1.60 bits per heavy atom. The van der Waals surface area contributed by atoms with E-state index in [4.69, 9.17) is 0 Å². The van der Waals surface area contributed by atoms with Gasteiger partial charge in [0.1, 0.15) is 0 Å². The van der Waals surface area contributed by atoms with Crippen molar-refractivity contribution in [2.45, 2.75) is 40.0 Å². The lowest BCUT2D eigenvalue weighted by molar-refractivity contribution is -0.118. The lowest BCUT2D eigenvalue weighted by Crippen LogP contribution is -2.16. The molecule has 0 aromatic carbocycles. The summed E-state index contributed by atoms with van der Waals surface area (Å²) in [6.07, 6.45) is 8.78. The quantitative estimate of drug-likeness (QED) is 0.367. The van der Waals surface area contributed by atoms with Gasteiger partial charge in [-0.25, -0.2) is 0 Å². The molecule has 0 saturated carbocycles. The van der Waals surface area contributed by atoms with E-state index in [9.17, 15) is 14.4 Å². The Hall–Kier alpha value is -2.03. The van der Waals surface area contributed by atoms with Gasteiger partial charge in [0, 0.05) is 5.57 Å². The van der Waals surface area contributed by atoms with Crippen LogP contribution < -0.4 is 0 Å². The molecule has 20 heavy (non-hydrogen) atoms. The van der Waals surface area contributed by atoms with Crippen molar-refractivity contribution in [3.8, 4) is 0 Å². The minimum atomic E-state index is -0.433. The van der Waals surface area contributed by atoms with Crippen molar-refractivity contribution in [1.82, 2.24) is 0 Å². The van der Waals surface area contributed by atoms with Crippen LogP contribution in [-0.2, 0) is 14.4 Å². The van der Waals surface area contributed by atoms with Crippen LogP contribution in [0.15, 0.2) is 48.1 Å². The van der Waals surface area contributed by atoms with E-state index in [1.165, 1.54) is 12.2 Å². The molecule has 0 amide bonds. The first kappa shape index (κ1) is 18.0. The molecule has 108 valence electrons.